The van der Waals surface area contributed by atoms with E-state index >= 15 is 0 Å². The summed E-state index contributed by atoms with van der Waals surface area (Å²) in [6.45, 7) is 2.46. The Hall–Kier alpha value is -1.66. The zero-order chi connectivity index (χ0) is 19.6. The standard InChI is InChI=1S/C22H31N3O2S/c1-2-25(20-15-7-4-8-16-20)28(26,27)21-17-24(19-13-9-10-14-19)23-22(21)18-11-5-3-6-12-18/h3,5-6,11-12,17,19-20H,2,4,7-10,13-16H2,1H3. The number of hydrogen-bond acceptors (Lipinski definition) is 3. The highest BCUT2D eigenvalue weighted by Gasteiger charge is 2.35. The summed E-state index contributed by atoms with van der Waals surface area (Å²) in [5.41, 5.74) is 1.47. The lowest BCUT2D eigenvalue weighted by Crippen LogP contribution is -2.41. The average molecular weight is 402 g/mol. The van der Waals surface area contributed by atoms with E-state index in [4.69, 9.17) is 5.10 Å². The minimum absolute atomic E-state index is 0.113. The van der Waals surface area contributed by atoms with Crippen LogP contribution in [0.4, 0.5) is 0 Å². The Morgan fingerprint density at radius 3 is 2.29 bits per heavy atom. The number of aromatic nitrogens is 2. The zero-order valence-electron chi connectivity index (χ0n) is 16.8. The van der Waals surface area contributed by atoms with Crippen molar-refractivity contribution < 1.29 is 8.42 Å². The number of nitrogens with zero attached hydrogens (tertiary/aromatic N) is 3. The molecule has 0 bridgehead atoms. The molecule has 1 heterocycles. The Labute approximate surface area is 168 Å². The van der Waals surface area contributed by atoms with Gasteiger partial charge in [0.15, 0.2) is 0 Å². The second-order valence-corrected chi connectivity index (χ2v) is 9.99. The third-order valence-corrected chi connectivity index (χ3v) is 8.35. The van der Waals surface area contributed by atoms with Crippen molar-refractivity contribution in [1.82, 2.24) is 14.1 Å². The average Bonchev–Trinajstić information content (AvgIpc) is 3.40. The largest absolute Gasteiger partial charge is 0.268 e. The molecule has 2 saturated carbocycles. The van der Waals surface area contributed by atoms with E-state index in [1.54, 1.807) is 10.5 Å². The van der Waals surface area contributed by atoms with Crippen LogP contribution in [0.15, 0.2) is 41.4 Å². The molecule has 4 rings (SSSR count). The van der Waals surface area contributed by atoms with Gasteiger partial charge in [-0.3, -0.25) is 4.68 Å². The normalized spacial score (nSPS) is 19.5. The van der Waals surface area contributed by atoms with Crippen molar-refractivity contribution in [1.29, 1.82) is 0 Å². The molecule has 0 radical (unpaired) electrons. The third-order valence-electron chi connectivity index (χ3n) is 6.32. The fourth-order valence-electron chi connectivity index (χ4n) is 4.84. The lowest BCUT2D eigenvalue weighted by Gasteiger charge is -2.32. The first-order valence-electron chi connectivity index (χ1n) is 10.8. The first kappa shape index (κ1) is 19.6. The smallest absolute Gasteiger partial charge is 0.247 e. The van der Waals surface area contributed by atoms with Gasteiger partial charge in [0.1, 0.15) is 10.6 Å². The van der Waals surface area contributed by atoms with E-state index in [0.29, 0.717) is 23.2 Å². The van der Waals surface area contributed by atoms with Gasteiger partial charge in [-0.05, 0) is 25.7 Å². The Bertz CT molecular complexity index is 880. The molecule has 1 aromatic heterocycles. The highest BCUT2D eigenvalue weighted by molar-refractivity contribution is 7.89. The maximum Gasteiger partial charge on any atom is 0.247 e. The highest BCUT2D eigenvalue weighted by atomic mass is 32.2. The molecule has 152 valence electrons. The van der Waals surface area contributed by atoms with Crippen molar-refractivity contribution in [2.75, 3.05) is 6.54 Å². The van der Waals surface area contributed by atoms with Gasteiger partial charge in [0.2, 0.25) is 10.0 Å². The number of sulfonamides is 1. The molecule has 6 heteroatoms. The predicted octanol–water partition coefficient (Wildman–Crippen LogP) is 5.01. The second-order valence-electron chi connectivity index (χ2n) is 8.13. The molecule has 2 aliphatic carbocycles. The van der Waals surface area contributed by atoms with E-state index in [2.05, 4.69) is 0 Å². The number of rotatable bonds is 6. The van der Waals surface area contributed by atoms with Gasteiger partial charge in [0.05, 0.1) is 6.04 Å². The molecule has 28 heavy (non-hydrogen) atoms. The van der Waals surface area contributed by atoms with Crippen molar-refractivity contribution >= 4 is 10.0 Å². The van der Waals surface area contributed by atoms with Crippen LogP contribution in [-0.2, 0) is 10.0 Å². The van der Waals surface area contributed by atoms with Crippen molar-refractivity contribution in [3.63, 3.8) is 0 Å². The van der Waals surface area contributed by atoms with E-state index < -0.39 is 10.0 Å². The van der Waals surface area contributed by atoms with Crippen molar-refractivity contribution in [2.45, 2.75) is 81.7 Å². The molecule has 0 spiro atoms. The fourth-order valence-corrected chi connectivity index (χ4v) is 6.68. The SMILES string of the molecule is CCN(C1CCCCC1)S(=O)(=O)c1cn(C2CCCC2)nc1-c1ccccc1. The molecule has 0 atom stereocenters. The molecular weight excluding hydrogens is 370 g/mol. The predicted molar refractivity (Wildman–Crippen MR) is 112 cm³/mol. The molecule has 0 amide bonds. The minimum atomic E-state index is -3.59. The number of benzene rings is 1. The Morgan fingerprint density at radius 2 is 1.64 bits per heavy atom. The summed E-state index contributed by atoms with van der Waals surface area (Å²) in [5.74, 6) is 0. The van der Waals surface area contributed by atoms with Gasteiger partial charge in [0, 0.05) is 24.3 Å². The summed E-state index contributed by atoms with van der Waals surface area (Å²) in [7, 11) is -3.59. The maximum absolute atomic E-state index is 13.8. The van der Waals surface area contributed by atoms with Crippen LogP contribution in [0.2, 0.25) is 0 Å². The summed E-state index contributed by atoms with van der Waals surface area (Å²) < 4.78 is 31.2. The lowest BCUT2D eigenvalue weighted by atomic mass is 9.95. The third kappa shape index (κ3) is 3.77. The Morgan fingerprint density at radius 1 is 1.00 bits per heavy atom. The van der Waals surface area contributed by atoms with E-state index in [1.165, 1.54) is 19.3 Å². The van der Waals surface area contributed by atoms with E-state index in [9.17, 15) is 8.42 Å². The van der Waals surface area contributed by atoms with Crippen molar-refractivity contribution in [3.05, 3.63) is 36.5 Å². The first-order chi connectivity index (χ1) is 13.6. The molecule has 0 aliphatic heterocycles. The van der Waals surface area contributed by atoms with Crippen LogP contribution in [0.25, 0.3) is 11.3 Å². The highest BCUT2D eigenvalue weighted by Crippen LogP contribution is 2.36. The fraction of sp³-hybridized carbons (Fsp3) is 0.591. The summed E-state index contributed by atoms with van der Waals surface area (Å²) in [6, 6.07) is 10.2. The molecule has 0 saturated heterocycles. The first-order valence-corrected chi connectivity index (χ1v) is 12.2. The molecule has 2 aliphatic rings. The van der Waals surface area contributed by atoms with Gasteiger partial charge >= 0.3 is 0 Å². The zero-order valence-corrected chi connectivity index (χ0v) is 17.6. The molecule has 2 aromatic rings. The van der Waals surface area contributed by atoms with Gasteiger partial charge in [0.25, 0.3) is 0 Å². The van der Waals surface area contributed by atoms with Gasteiger partial charge in [-0.1, -0.05) is 69.4 Å². The lowest BCUT2D eigenvalue weighted by molar-refractivity contribution is 0.261. The van der Waals surface area contributed by atoms with Crippen LogP contribution < -0.4 is 0 Å². The van der Waals surface area contributed by atoms with Crippen LogP contribution >= 0.6 is 0 Å². The molecular formula is C22H31N3O2S. The monoisotopic (exact) mass is 401 g/mol. The molecule has 5 nitrogen and oxygen atoms in total. The van der Waals surface area contributed by atoms with E-state index in [-0.39, 0.29) is 6.04 Å². The second kappa shape index (κ2) is 8.37. The molecule has 0 unspecified atom stereocenters. The van der Waals surface area contributed by atoms with Crippen molar-refractivity contribution in [3.8, 4) is 11.3 Å². The quantitative estimate of drug-likeness (QED) is 0.684. The van der Waals surface area contributed by atoms with Crippen LogP contribution in [0.5, 0.6) is 0 Å². The van der Waals surface area contributed by atoms with Crippen LogP contribution in [-0.4, -0.2) is 35.1 Å². The summed E-state index contributed by atoms with van der Waals surface area (Å²) in [5, 5.41) is 4.80. The van der Waals surface area contributed by atoms with Crippen LogP contribution in [0.1, 0.15) is 70.8 Å². The number of hydrogen-bond donors (Lipinski definition) is 0. The van der Waals surface area contributed by atoms with Gasteiger partial charge in [-0.2, -0.15) is 9.40 Å². The summed E-state index contributed by atoms with van der Waals surface area (Å²) >= 11 is 0. The van der Waals surface area contributed by atoms with E-state index in [0.717, 1.165) is 44.1 Å². The van der Waals surface area contributed by atoms with Crippen LogP contribution in [0.3, 0.4) is 0 Å². The molecule has 1 aromatic carbocycles. The van der Waals surface area contributed by atoms with Gasteiger partial charge in [-0.25, -0.2) is 8.42 Å². The Kier molecular flexibility index (Phi) is 5.88. The van der Waals surface area contributed by atoms with Gasteiger partial charge < -0.3 is 0 Å². The van der Waals surface area contributed by atoms with E-state index in [1.807, 2.05) is 41.9 Å². The molecule has 0 N–H and O–H groups in total. The van der Waals surface area contributed by atoms with Crippen molar-refractivity contribution in [2.24, 2.45) is 0 Å². The molecule has 2 fully saturated rings. The minimum Gasteiger partial charge on any atom is -0.268 e. The topological polar surface area (TPSA) is 55.2 Å². The summed E-state index contributed by atoms with van der Waals surface area (Å²) in [4.78, 5) is 0.373. The maximum atomic E-state index is 13.8. The van der Waals surface area contributed by atoms with Crippen LogP contribution in [0, 0.1) is 0 Å². The Balaban J connectivity index is 1.77. The van der Waals surface area contributed by atoms with Gasteiger partial charge in [-0.15, -0.1) is 0 Å². The summed E-state index contributed by atoms with van der Waals surface area (Å²) in [6.07, 6.45) is 11.7.